The molecule has 0 fully saturated rings. The normalized spacial score (nSPS) is 13.7. The van der Waals surface area contributed by atoms with Crippen LogP contribution in [0.5, 0.6) is 0 Å². The molecule has 1 aliphatic heterocycles. The molecule has 1 radical (unpaired) electrons. The van der Waals surface area contributed by atoms with Gasteiger partial charge in [-0.2, -0.15) is 0 Å². The van der Waals surface area contributed by atoms with Crippen molar-refractivity contribution in [2.45, 2.75) is 19.8 Å². The van der Waals surface area contributed by atoms with E-state index in [-0.39, 0.29) is 5.91 Å². The summed E-state index contributed by atoms with van der Waals surface area (Å²) >= 11 is 0. The van der Waals surface area contributed by atoms with Crippen molar-refractivity contribution in [2.24, 2.45) is 0 Å². The number of nitrogens with one attached hydrogen (secondary N) is 1. The van der Waals surface area contributed by atoms with Crippen LogP contribution in [-0.4, -0.2) is 5.91 Å². The van der Waals surface area contributed by atoms with E-state index in [0.29, 0.717) is 18.4 Å². The Labute approximate surface area is 132 Å². The molecule has 0 saturated carbocycles. The predicted molar refractivity (Wildman–Crippen MR) is 88.4 cm³/mol. The molecular formula is C19H14NO3. The quantitative estimate of drug-likeness (QED) is 0.700. The maximum absolute atomic E-state index is 11.9. The number of hydrogen-bond donors (Lipinski definition) is 1. The Hall–Kier alpha value is -2.88. The molecule has 1 aromatic heterocycles. The summed E-state index contributed by atoms with van der Waals surface area (Å²) in [5.41, 5.74) is 4.60. The number of carbonyl (C=O) groups excluding carboxylic acids is 1. The standard InChI is InChI=1S/C19H14NO3/c1-11-4-2-7-16-19(11)14(10-18(22)23-16)12-5-3-6-15-13(12)8-9-17(21)20-15/h2-7H,8-9H2,1H3,(H,20,21). The summed E-state index contributed by atoms with van der Waals surface area (Å²) < 4.78 is 5.28. The molecule has 1 amide bonds. The van der Waals surface area contributed by atoms with Crippen LogP contribution in [0.2, 0.25) is 0 Å². The Balaban J connectivity index is 2.06. The van der Waals surface area contributed by atoms with E-state index in [9.17, 15) is 9.59 Å². The molecule has 3 aromatic rings. The summed E-state index contributed by atoms with van der Waals surface area (Å²) in [5, 5.41) is 3.78. The highest BCUT2D eigenvalue weighted by Crippen LogP contribution is 2.36. The molecule has 4 rings (SSSR count). The van der Waals surface area contributed by atoms with Crippen molar-refractivity contribution in [3.05, 3.63) is 64.0 Å². The largest absolute Gasteiger partial charge is 0.422 e. The van der Waals surface area contributed by atoms with Crippen molar-refractivity contribution in [1.29, 1.82) is 0 Å². The molecule has 1 aliphatic rings. The smallest absolute Gasteiger partial charge is 0.345 e. The lowest BCUT2D eigenvalue weighted by atomic mass is 9.90. The Kier molecular flexibility index (Phi) is 3.05. The topological polar surface area (TPSA) is 59.3 Å². The highest BCUT2D eigenvalue weighted by molar-refractivity contribution is 6.00. The molecule has 0 spiro atoms. The van der Waals surface area contributed by atoms with E-state index in [2.05, 4.69) is 11.4 Å². The summed E-state index contributed by atoms with van der Waals surface area (Å²) in [5.74, 6) is 0.0206. The van der Waals surface area contributed by atoms with Crippen molar-refractivity contribution < 1.29 is 9.21 Å². The van der Waals surface area contributed by atoms with Crippen LogP contribution in [-0.2, 0) is 11.2 Å². The number of carbonyl (C=O) groups is 1. The van der Waals surface area contributed by atoms with Crippen molar-refractivity contribution in [3.8, 4) is 11.1 Å². The molecule has 2 heterocycles. The lowest BCUT2D eigenvalue weighted by Gasteiger charge is -2.20. The van der Waals surface area contributed by atoms with Gasteiger partial charge in [0.2, 0.25) is 5.91 Å². The molecule has 0 bridgehead atoms. The first-order valence-corrected chi connectivity index (χ1v) is 7.51. The Bertz CT molecular complexity index is 1000. The zero-order valence-electron chi connectivity index (χ0n) is 12.6. The van der Waals surface area contributed by atoms with E-state index in [1.807, 2.05) is 37.3 Å². The molecule has 0 atom stereocenters. The minimum Gasteiger partial charge on any atom is -0.422 e. The Morgan fingerprint density at radius 1 is 1.09 bits per heavy atom. The molecule has 2 aromatic carbocycles. The fourth-order valence-corrected chi connectivity index (χ4v) is 3.20. The molecule has 4 heteroatoms. The fourth-order valence-electron chi connectivity index (χ4n) is 3.20. The second-order valence-electron chi connectivity index (χ2n) is 5.72. The third-order valence-corrected chi connectivity index (χ3v) is 4.24. The minimum absolute atomic E-state index is 0.0206. The Morgan fingerprint density at radius 3 is 2.78 bits per heavy atom. The van der Waals surface area contributed by atoms with Gasteiger partial charge in [-0.1, -0.05) is 24.3 Å². The van der Waals surface area contributed by atoms with E-state index in [1.165, 1.54) is 0 Å². The summed E-state index contributed by atoms with van der Waals surface area (Å²) in [6.07, 6.45) is 1.10. The lowest BCUT2D eigenvalue weighted by molar-refractivity contribution is -0.116. The molecular weight excluding hydrogens is 290 g/mol. The molecule has 113 valence electrons. The van der Waals surface area contributed by atoms with Crippen LogP contribution in [0.4, 0.5) is 5.69 Å². The van der Waals surface area contributed by atoms with Crippen molar-refractivity contribution in [1.82, 2.24) is 0 Å². The van der Waals surface area contributed by atoms with Crippen LogP contribution in [0.3, 0.4) is 0 Å². The van der Waals surface area contributed by atoms with Gasteiger partial charge in [0.25, 0.3) is 0 Å². The van der Waals surface area contributed by atoms with Crippen molar-refractivity contribution in [3.63, 3.8) is 0 Å². The monoisotopic (exact) mass is 304 g/mol. The number of rotatable bonds is 1. The molecule has 0 aliphatic carbocycles. The number of aryl methyl sites for hydroxylation is 1. The molecule has 4 nitrogen and oxygen atoms in total. The van der Waals surface area contributed by atoms with Gasteiger partial charge in [0, 0.05) is 23.1 Å². The third-order valence-electron chi connectivity index (χ3n) is 4.24. The second kappa shape index (κ2) is 5.09. The van der Waals surface area contributed by atoms with Crippen LogP contribution in [0.15, 0.2) is 45.6 Å². The van der Waals surface area contributed by atoms with Crippen LogP contribution in [0, 0.1) is 13.0 Å². The van der Waals surface area contributed by atoms with Gasteiger partial charge in [-0.05, 0) is 42.2 Å². The van der Waals surface area contributed by atoms with Gasteiger partial charge < -0.3 is 9.73 Å². The predicted octanol–water partition coefficient (Wildman–Crippen LogP) is 3.45. The SMILES string of the molecule is Cc1cccc2oc(=O)[c]c(-c3cccc4c3CCC(=O)N4)c12. The summed E-state index contributed by atoms with van der Waals surface area (Å²) in [7, 11) is 0. The van der Waals surface area contributed by atoms with Gasteiger partial charge in [0.1, 0.15) is 5.58 Å². The van der Waals surface area contributed by atoms with Gasteiger partial charge in [0.15, 0.2) is 0 Å². The number of amides is 1. The maximum atomic E-state index is 11.9. The summed E-state index contributed by atoms with van der Waals surface area (Å²) in [4.78, 5) is 23.5. The number of hydrogen-bond acceptors (Lipinski definition) is 3. The van der Waals surface area contributed by atoms with E-state index >= 15 is 0 Å². The second-order valence-corrected chi connectivity index (χ2v) is 5.72. The van der Waals surface area contributed by atoms with Gasteiger partial charge >= 0.3 is 5.63 Å². The van der Waals surface area contributed by atoms with E-state index in [0.717, 1.165) is 33.3 Å². The highest BCUT2D eigenvalue weighted by atomic mass is 16.4. The van der Waals surface area contributed by atoms with Crippen LogP contribution in [0.25, 0.3) is 22.1 Å². The summed E-state index contributed by atoms with van der Waals surface area (Å²) in [6.45, 7) is 1.98. The van der Waals surface area contributed by atoms with Crippen molar-refractivity contribution >= 4 is 22.6 Å². The van der Waals surface area contributed by atoms with Crippen LogP contribution < -0.4 is 10.9 Å². The first-order valence-electron chi connectivity index (χ1n) is 7.51. The number of fused-ring (bicyclic) bond motifs is 2. The van der Waals surface area contributed by atoms with Gasteiger partial charge in [-0.3, -0.25) is 4.79 Å². The molecule has 0 unspecified atom stereocenters. The summed E-state index contributed by atoms with van der Waals surface area (Å²) in [6, 6.07) is 14.2. The third kappa shape index (κ3) is 2.23. The van der Waals surface area contributed by atoms with Gasteiger partial charge in [-0.15, -0.1) is 0 Å². The number of anilines is 1. The van der Waals surface area contributed by atoms with Crippen LogP contribution in [0.1, 0.15) is 17.5 Å². The average Bonchev–Trinajstić information content (AvgIpc) is 2.53. The Morgan fingerprint density at radius 2 is 1.91 bits per heavy atom. The maximum Gasteiger partial charge on any atom is 0.345 e. The molecule has 23 heavy (non-hydrogen) atoms. The van der Waals surface area contributed by atoms with E-state index in [1.54, 1.807) is 6.07 Å². The first-order chi connectivity index (χ1) is 11.1. The fraction of sp³-hybridized carbons (Fsp3) is 0.158. The first kappa shape index (κ1) is 13.8. The lowest BCUT2D eigenvalue weighted by Crippen LogP contribution is -2.19. The number of benzene rings is 2. The minimum atomic E-state index is -0.490. The van der Waals surface area contributed by atoms with E-state index in [4.69, 9.17) is 4.42 Å². The van der Waals surface area contributed by atoms with Crippen LogP contribution >= 0.6 is 0 Å². The average molecular weight is 304 g/mol. The molecule has 0 saturated heterocycles. The zero-order valence-corrected chi connectivity index (χ0v) is 12.6. The van der Waals surface area contributed by atoms with Crippen molar-refractivity contribution in [2.75, 3.05) is 5.32 Å². The zero-order chi connectivity index (χ0) is 16.0. The van der Waals surface area contributed by atoms with Gasteiger partial charge in [0.05, 0.1) is 6.07 Å². The molecule has 1 N–H and O–H groups in total. The van der Waals surface area contributed by atoms with Gasteiger partial charge in [-0.25, -0.2) is 4.79 Å². The highest BCUT2D eigenvalue weighted by Gasteiger charge is 2.20. The van der Waals surface area contributed by atoms with E-state index < -0.39 is 5.63 Å².